The Bertz CT molecular complexity index is 27.7. The fourth-order valence-electron chi connectivity index (χ4n) is 0. The van der Waals surface area contributed by atoms with E-state index in [9.17, 15) is 0 Å². The van der Waals surface area contributed by atoms with Crippen molar-refractivity contribution in [1.29, 1.82) is 0 Å². The van der Waals surface area contributed by atoms with Crippen molar-refractivity contribution < 1.29 is 5.11 Å². The Hall–Kier alpha value is 0.460. The molecular weight excluding hydrogens is 139 g/mol. The van der Waals surface area contributed by atoms with Gasteiger partial charge >= 0.3 is 0 Å². The largest absolute Gasteiger partial charge is 0.377 e. The Labute approximate surface area is 54.9 Å². The van der Waals surface area contributed by atoms with E-state index in [2.05, 4.69) is 0 Å². The lowest BCUT2D eigenvalue weighted by Crippen LogP contribution is -2.28. The van der Waals surface area contributed by atoms with Gasteiger partial charge in [-0.15, -0.1) is 24.8 Å². The van der Waals surface area contributed by atoms with E-state index in [1.165, 1.54) is 0 Å². The van der Waals surface area contributed by atoms with Crippen molar-refractivity contribution in [2.45, 2.75) is 6.23 Å². The fourth-order valence-corrected chi connectivity index (χ4v) is 0. The summed E-state index contributed by atoms with van der Waals surface area (Å²) in [7, 11) is 0. The van der Waals surface area contributed by atoms with Crippen LogP contribution in [0.15, 0.2) is 0 Å². The lowest BCUT2D eigenvalue weighted by molar-refractivity contribution is 0.191. The molecule has 0 aromatic rings. The van der Waals surface area contributed by atoms with Crippen LogP contribution in [0, 0.1) is 0 Å². The Morgan fingerprint density at radius 2 is 1.57 bits per heavy atom. The molecule has 0 spiro atoms. The highest BCUT2D eigenvalue weighted by molar-refractivity contribution is 5.85. The Morgan fingerprint density at radius 1 is 1.43 bits per heavy atom. The molecule has 5 N–H and O–H groups in total. The van der Waals surface area contributed by atoms with E-state index in [0.29, 0.717) is 0 Å². The molecule has 5 heteroatoms. The van der Waals surface area contributed by atoms with Gasteiger partial charge in [-0.05, 0) is 0 Å². The monoisotopic (exact) mass is 148 g/mol. The first-order chi connectivity index (χ1) is 2.27. The summed E-state index contributed by atoms with van der Waals surface area (Å²) in [6.45, 7) is 0.139. The van der Waals surface area contributed by atoms with Crippen LogP contribution in [0.2, 0.25) is 0 Å². The van der Waals surface area contributed by atoms with Crippen LogP contribution in [0.3, 0.4) is 0 Å². The highest BCUT2D eigenvalue weighted by Gasteiger charge is 1.81. The minimum atomic E-state index is -0.838. The van der Waals surface area contributed by atoms with E-state index in [4.69, 9.17) is 16.6 Å². The molecule has 0 aliphatic heterocycles. The van der Waals surface area contributed by atoms with E-state index in [-0.39, 0.29) is 31.4 Å². The first-order valence-electron chi connectivity index (χ1n) is 1.41. The van der Waals surface area contributed by atoms with Gasteiger partial charge in [0.25, 0.3) is 0 Å². The van der Waals surface area contributed by atoms with Crippen molar-refractivity contribution in [3.05, 3.63) is 0 Å². The van der Waals surface area contributed by atoms with Crippen molar-refractivity contribution >= 4 is 24.8 Å². The third kappa shape index (κ3) is 21.2. The predicted molar refractivity (Wildman–Crippen MR) is 33.7 cm³/mol. The molecule has 1 unspecified atom stereocenters. The molecule has 0 rings (SSSR count). The number of hydrogen-bond donors (Lipinski definition) is 3. The van der Waals surface area contributed by atoms with Crippen molar-refractivity contribution in [3.63, 3.8) is 0 Å². The average molecular weight is 149 g/mol. The zero-order chi connectivity index (χ0) is 4.28. The smallest absolute Gasteiger partial charge is 0.114 e. The lowest BCUT2D eigenvalue weighted by Gasteiger charge is -1.91. The van der Waals surface area contributed by atoms with Gasteiger partial charge < -0.3 is 16.6 Å². The van der Waals surface area contributed by atoms with Crippen molar-refractivity contribution in [1.82, 2.24) is 0 Å². The summed E-state index contributed by atoms with van der Waals surface area (Å²) >= 11 is 0. The molecule has 0 saturated carbocycles. The predicted octanol–water partition coefficient (Wildman–Crippen LogP) is -0.934. The van der Waals surface area contributed by atoms with Crippen LogP contribution in [-0.2, 0) is 0 Å². The second-order valence-electron chi connectivity index (χ2n) is 0.803. The molecule has 0 aliphatic rings. The van der Waals surface area contributed by atoms with Gasteiger partial charge in [-0.25, -0.2) is 0 Å². The van der Waals surface area contributed by atoms with Gasteiger partial charge in [-0.2, -0.15) is 0 Å². The molecule has 0 aliphatic carbocycles. The van der Waals surface area contributed by atoms with Crippen LogP contribution < -0.4 is 11.5 Å². The zero-order valence-electron chi connectivity index (χ0n) is 3.70. The highest BCUT2D eigenvalue weighted by Crippen LogP contribution is 1.51. The van der Waals surface area contributed by atoms with Crippen LogP contribution in [0.4, 0.5) is 0 Å². The molecule has 7 heavy (non-hydrogen) atoms. The first kappa shape index (κ1) is 15.7. The number of hydrogen-bond acceptors (Lipinski definition) is 3. The minimum Gasteiger partial charge on any atom is -0.377 e. The highest BCUT2D eigenvalue weighted by atomic mass is 35.5. The van der Waals surface area contributed by atoms with Crippen LogP contribution in [-0.4, -0.2) is 17.9 Å². The van der Waals surface area contributed by atoms with Gasteiger partial charge in [0.1, 0.15) is 6.23 Å². The summed E-state index contributed by atoms with van der Waals surface area (Å²) in [6, 6.07) is 0. The second kappa shape index (κ2) is 9.68. The maximum absolute atomic E-state index is 8.01. The van der Waals surface area contributed by atoms with E-state index in [1.54, 1.807) is 0 Å². The standard InChI is InChI=1S/C2H8N2O.2ClH/c3-1-2(4)5;;/h2,5H,1,3-4H2;2*1H. The van der Waals surface area contributed by atoms with Crippen molar-refractivity contribution in [2.75, 3.05) is 6.54 Å². The molecule has 0 aromatic carbocycles. The molecule has 0 saturated heterocycles. The molecule has 0 amide bonds. The van der Waals surface area contributed by atoms with Gasteiger partial charge in [-0.1, -0.05) is 0 Å². The Kier molecular flexibility index (Phi) is 21.6. The van der Waals surface area contributed by atoms with Crippen molar-refractivity contribution in [3.8, 4) is 0 Å². The molecule has 0 aromatic heterocycles. The van der Waals surface area contributed by atoms with Crippen LogP contribution >= 0.6 is 24.8 Å². The second-order valence-corrected chi connectivity index (χ2v) is 0.803. The van der Waals surface area contributed by atoms with Gasteiger partial charge in [0.05, 0.1) is 0 Å². The van der Waals surface area contributed by atoms with Crippen LogP contribution in [0.5, 0.6) is 0 Å². The van der Waals surface area contributed by atoms with Crippen molar-refractivity contribution in [2.24, 2.45) is 11.5 Å². The number of halogens is 2. The number of aliphatic hydroxyl groups excluding tert-OH is 1. The third-order valence-electron chi connectivity index (χ3n) is 0.241. The van der Waals surface area contributed by atoms with E-state index < -0.39 is 6.23 Å². The summed E-state index contributed by atoms with van der Waals surface area (Å²) < 4.78 is 0. The first-order valence-corrected chi connectivity index (χ1v) is 1.41. The summed E-state index contributed by atoms with van der Waals surface area (Å²) in [4.78, 5) is 0. The van der Waals surface area contributed by atoms with Gasteiger partial charge in [-0.3, -0.25) is 0 Å². The molecule has 1 atom stereocenters. The van der Waals surface area contributed by atoms with Gasteiger partial charge in [0.15, 0.2) is 0 Å². The van der Waals surface area contributed by atoms with Crippen LogP contribution in [0.25, 0.3) is 0 Å². The van der Waals surface area contributed by atoms with E-state index in [0.717, 1.165) is 0 Å². The number of rotatable bonds is 1. The molecule has 0 heterocycles. The molecule has 0 bridgehead atoms. The van der Waals surface area contributed by atoms with E-state index >= 15 is 0 Å². The number of nitrogens with two attached hydrogens (primary N) is 2. The van der Waals surface area contributed by atoms with Crippen LogP contribution in [0.1, 0.15) is 0 Å². The van der Waals surface area contributed by atoms with E-state index in [1.807, 2.05) is 0 Å². The third-order valence-corrected chi connectivity index (χ3v) is 0.241. The minimum absolute atomic E-state index is 0. The molecule has 3 nitrogen and oxygen atoms in total. The Balaban J connectivity index is -0.0000000800. The number of aliphatic hydroxyl groups is 1. The maximum Gasteiger partial charge on any atom is 0.114 e. The summed E-state index contributed by atoms with van der Waals surface area (Å²) in [5.41, 5.74) is 9.52. The molecule has 48 valence electrons. The average Bonchev–Trinajstić information content (AvgIpc) is 1.38. The lowest BCUT2D eigenvalue weighted by atomic mass is 10.6. The molecule has 0 radical (unpaired) electrons. The van der Waals surface area contributed by atoms with Gasteiger partial charge in [0.2, 0.25) is 0 Å². The molecule has 0 fully saturated rings. The summed E-state index contributed by atoms with van der Waals surface area (Å²) in [6.07, 6.45) is -0.838. The topological polar surface area (TPSA) is 72.3 Å². The Morgan fingerprint density at radius 3 is 1.57 bits per heavy atom. The summed E-state index contributed by atoms with van der Waals surface area (Å²) in [5, 5.41) is 8.01. The maximum atomic E-state index is 8.01. The SMILES string of the molecule is Cl.Cl.NCC(N)O. The normalized spacial score (nSPS) is 10.7. The van der Waals surface area contributed by atoms with Gasteiger partial charge in [0, 0.05) is 6.54 Å². The fraction of sp³-hybridized carbons (Fsp3) is 1.00. The molecular formula is C2H10Cl2N2O. The summed E-state index contributed by atoms with van der Waals surface area (Å²) in [5.74, 6) is 0. The quantitative estimate of drug-likeness (QED) is 0.421. The zero-order valence-corrected chi connectivity index (χ0v) is 5.34.